The van der Waals surface area contributed by atoms with E-state index >= 15 is 0 Å². The van der Waals surface area contributed by atoms with Crippen molar-refractivity contribution in [1.29, 1.82) is 0 Å². The molecule has 2 aromatic carbocycles. The summed E-state index contributed by atoms with van der Waals surface area (Å²) in [7, 11) is 0. The molecule has 2 amide bonds. The minimum atomic E-state index is -2.41. The molecule has 0 spiro atoms. The van der Waals surface area contributed by atoms with E-state index in [1.807, 2.05) is 0 Å². The van der Waals surface area contributed by atoms with Crippen molar-refractivity contribution in [3.05, 3.63) is 64.7 Å². The Hall–Kier alpha value is -3.13. The van der Waals surface area contributed by atoms with Crippen LogP contribution in [0, 0.1) is 5.92 Å². The first kappa shape index (κ1) is 26.5. The molecule has 2 bridgehead atoms. The Morgan fingerprint density at radius 2 is 1.66 bits per heavy atom. The van der Waals surface area contributed by atoms with Crippen molar-refractivity contribution in [1.82, 2.24) is 10.6 Å². The van der Waals surface area contributed by atoms with Gasteiger partial charge >= 0.3 is 0 Å². The number of benzene rings is 2. The van der Waals surface area contributed by atoms with Crippen LogP contribution >= 0.6 is 11.8 Å². The number of rotatable bonds is 6. The summed E-state index contributed by atoms with van der Waals surface area (Å²) in [4.78, 5) is 52.5. The molecule has 1 unspecified atom stereocenters. The summed E-state index contributed by atoms with van der Waals surface area (Å²) in [6, 6.07) is 11.4. The zero-order chi connectivity index (χ0) is 27.5. The number of amides is 2. The van der Waals surface area contributed by atoms with Crippen molar-refractivity contribution in [2.75, 3.05) is 19.0 Å². The maximum Gasteiger partial charge on any atom is 0.278 e. The highest BCUT2D eigenvalue weighted by molar-refractivity contribution is 7.99. The van der Waals surface area contributed by atoms with Crippen LogP contribution < -0.4 is 10.6 Å². The summed E-state index contributed by atoms with van der Waals surface area (Å²) < 4.78 is 5.58. The second kappa shape index (κ2) is 9.26. The summed E-state index contributed by atoms with van der Waals surface area (Å²) >= 11 is 1.22. The Labute approximate surface area is 221 Å². The number of fused-ring (bicyclic) bond motifs is 7. The standard InChI is InChI=1S/C26H26N2O9S/c1-24(35,12-29)21(32)26-23(34)27-25(36,22(33)28-26)13(8-9-37-26)11-38-14-6-7-17-18(10-14)20(31)16-5-3-2-4-15(16)19(17)30/h2-7,10,13,21,29,32,35-36H,8-9,11-12H2,1H3,(H,27,34)(H,28,33)/t13?,21-,24+,25+,26-/m0/s1. The van der Waals surface area contributed by atoms with E-state index in [1.54, 1.807) is 42.5 Å². The van der Waals surface area contributed by atoms with Crippen LogP contribution in [-0.4, -0.2) is 85.9 Å². The normalized spacial score (nSPS) is 28.8. The van der Waals surface area contributed by atoms with Crippen molar-refractivity contribution < 1.29 is 44.3 Å². The molecule has 0 aromatic heterocycles. The average Bonchev–Trinajstić information content (AvgIpc) is 2.90. The van der Waals surface area contributed by atoms with E-state index in [0.717, 1.165) is 6.92 Å². The van der Waals surface area contributed by atoms with Gasteiger partial charge in [0.05, 0.1) is 13.2 Å². The SMILES string of the molecule is C[C@@](O)(CO)[C@H](O)[C@@]12NC(=O)[C@@](O)(NC1=O)C(CSc1ccc3c(c1)C(=O)c1ccccc1C3=O)CCO2. The van der Waals surface area contributed by atoms with Gasteiger partial charge in [-0.1, -0.05) is 24.3 Å². The molecule has 12 heteroatoms. The lowest BCUT2D eigenvalue weighted by Gasteiger charge is -2.51. The second-order valence-electron chi connectivity index (χ2n) is 9.88. The van der Waals surface area contributed by atoms with Crippen molar-refractivity contribution in [3.63, 3.8) is 0 Å². The summed E-state index contributed by atoms with van der Waals surface area (Å²) in [6.07, 6.45) is -1.96. The molecule has 5 atom stereocenters. The first-order chi connectivity index (χ1) is 17.9. The molecule has 38 heavy (non-hydrogen) atoms. The maximum atomic E-state index is 13.0. The molecule has 200 valence electrons. The molecule has 6 N–H and O–H groups in total. The molecule has 3 saturated heterocycles. The third-order valence-electron chi connectivity index (χ3n) is 7.32. The van der Waals surface area contributed by atoms with E-state index in [0.29, 0.717) is 21.6 Å². The molecule has 6 rings (SSSR count). The molecule has 3 aliphatic heterocycles. The zero-order valence-electron chi connectivity index (χ0n) is 20.3. The molecule has 11 nitrogen and oxygen atoms in total. The van der Waals surface area contributed by atoms with Gasteiger partial charge in [-0.05, 0) is 31.5 Å². The highest BCUT2D eigenvalue weighted by atomic mass is 32.2. The third-order valence-corrected chi connectivity index (χ3v) is 8.47. The molecule has 4 aliphatic rings. The van der Waals surface area contributed by atoms with Crippen molar-refractivity contribution in [3.8, 4) is 0 Å². The van der Waals surface area contributed by atoms with Crippen LogP contribution in [0.5, 0.6) is 0 Å². The summed E-state index contributed by atoms with van der Waals surface area (Å²) in [5, 5.41) is 46.0. The number of hydrogen-bond donors (Lipinski definition) is 6. The van der Waals surface area contributed by atoms with Crippen LogP contribution in [0.4, 0.5) is 0 Å². The predicted molar refractivity (Wildman–Crippen MR) is 132 cm³/mol. The molecular weight excluding hydrogens is 516 g/mol. The maximum absolute atomic E-state index is 13.0. The van der Waals surface area contributed by atoms with Gasteiger partial charge in [-0.3, -0.25) is 19.2 Å². The molecular formula is C26H26N2O9S. The molecule has 1 aliphatic carbocycles. The molecule has 0 saturated carbocycles. The molecule has 2 aromatic rings. The summed E-state index contributed by atoms with van der Waals surface area (Å²) in [6.45, 7) is -0.0239. The second-order valence-corrected chi connectivity index (χ2v) is 11.0. The van der Waals surface area contributed by atoms with Crippen LogP contribution in [0.1, 0.15) is 45.2 Å². The van der Waals surface area contributed by atoms with E-state index in [1.165, 1.54) is 11.8 Å². The third kappa shape index (κ3) is 3.96. The Morgan fingerprint density at radius 3 is 2.32 bits per heavy atom. The fraction of sp³-hybridized carbons (Fsp3) is 0.385. The van der Waals surface area contributed by atoms with Gasteiger partial charge in [0.2, 0.25) is 5.72 Å². The lowest BCUT2D eigenvalue weighted by molar-refractivity contribution is -0.240. The van der Waals surface area contributed by atoms with Crippen LogP contribution in [0.3, 0.4) is 0 Å². The van der Waals surface area contributed by atoms with Crippen LogP contribution in [0.2, 0.25) is 0 Å². The number of ketones is 2. The number of aliphatic hydroxyl groups excluding tert-OH is 2. The highest BCUT2D eigenvalue weighted by Crippen LogP contribution is 2.37. The van der Waals surface area contributed by atoms with Crippen molar-refractivity contribution in [2.24, 2.45) is 5.92 Å². The van der Waals surface area contributed by atoms with Crippen LogP contribution in [0.15, 0.2) is 47.4 Å². The molecule has 3 heterocycles. The Balaban J connectivity index is 1.36. The Kier molecular flexibility index (Phi) is 6.45. The van der Waals surface area contributed by atoms with Crippen LogP contribution in [0.25, 0.3) is 0 Å². The van der Waals surface area contributed by atoms with Gasteiger partial charge in [-0.2, -0.15) is 0 Å². The number of aliphatic hydroxyl groups is 4. The van der Waals surface area contributed by atoms with E-state index in [9.17, 15) is 39.6 Å². The fourth-order valence-electron chi connectivity index (χ4n) is 4.97. The van der Waals surface area contributed by atoms with Crippen molar-refractivity contribution >= 4 is 35.1 Å². The minimum absolute atomic E-state index is 0.0860. The van der Waals surface area contributed by atoms with E-state index in [2.05, 4.69) is 10.6 Å². The molecule has 0 radical (unpaired) electrons. The topological polar surface area (TPSA) is 182 Å². The number of carbonyl (C=O) groups excluding carboxylic acids is 4. The van der Waals surface area contributed by atoms with Gasteiger partial charge < -0.3 is 35.8 Å². The first-order valence-electron chi connectivity index (χ1n) is 11.9. The van der Waals surface area contributed by atoms with Gasteiger partial charge in [0.15, 0.2) is 11.6 Å². The summed E-state index contributed by atoms with van der Waals surface area (Å²) in [5.74, 6) is -3.37. The number of hydrogen-bond acceptors (Lipinski definition) is 10. The largest absolute Gasteiger partial charge is 0.393 e. The van der Waals surface area contributed by atoms with Gasteiger partial charge in [0.1, 0.15) is 11.7 Å². The number of thioether (sulfide) groups is 1. The summed E-state index contributed by atoms with van der Waals surface area (Å²) in [5.41, 5.74) is -5.72. The first-order valence-corrected chi connectivity index (χ1v) is 12.9. The van der Waals surface area contributed by atoms with Crippen molar-refractivity contribution in [2.45, 2.75) is 41.4 Å². The van der Waals surface area contributed by atoms with E-state index in [4.69, 9.17) is 4.74 Å². The van der Waals surface area contributed by atoms with Gasteiger partial charge in [0.25, 0.3) is 17.5 Å². The zero-order valence-corrected chi connectivity index (χ0v) is 21.1. The molecule has 3 fully saturated rings. The Morgan fingerprint density at radius 1 is 1.03 bits per heavy atom. The van der Waals surface area contributed by atoms with Gasteiger partial charge in [-0.25, -0.2) is 0 Å². The fourth-order valence-corrected chi connectivity index (χ4v) is 6.14. The van der Waals surface area contributed by atoms with Gasteiger partial charge in [-0.15, -0.1) is 11.8 Å². The highest BCUT2D eigenvalue weighted by Gasteiger charge is 2.64. The van der Waals surface area contributed by atoms with E-state index < -0.39 is 47.5 Å². The monoisotopic (exact) mass is 542 g/mol. The van der Waals surface area contributed by atoms with Gasteiger partial charge in [0, 0.05) is 38.8 Å². The number of carbonyl (C=O) groups is 4. The lowest BCUT2D eigenvalue weighted by atomic mass is 9.83. The number of piperazine rings is 1. The number of ether oxygens (including phenoxy) is 1. The Bertz CT molecular complexity index is 1360. The average molecular weight is 543 g/mol. The number of nitrogens with one attached hydrogen (secondary N) is 2. The smallest absolute Gasteiger partial charge is 0.278 e. The lowest BCUT2D eigenvalue weighted by Crippen LogP contribution is -2.83. The minimum Gasteiger partial charge on any atom is -0.393 e. The van der Waals surface area contributed by atoms with E-state index in [-0.39, 0.29) is 35.9 Å². The van der Waals surface area contributed by atoms with Crippen LogP contribution in [-0.2, 0) is 14.3 Å². The quantitative estimate of drug-likeness (QED) is 0.218. The predicted octanol–water partition coefficient (Wildman–Crippen LogP) is -0.674.